The van der Waals surface area contributed by atoms with Crippen LogP contribution >= 0.6 is 11.6 Å². The smallest absolute Gasteiger partial charge is 0.219 e. The lowest BCUT2D eigenvalue weighted by atomic mass is 10.3. The van der Waals surface area contributed by atoms with E-state index in [1.54, 1.807) is 6.92 Å². The fourth-order valence-corrected chi connectivity index (χ4v) is 2.13. The molecule has 0 aromatic carbocycles. The number of hydrogen-bond donors (Lipinski definition) is 0. The summed E-state index contributed by atoms with van der Waals surface area (Å²) in [4.78, 5) is 15.6. The average molecular weight is 233 g/mol. The second kappa shape index (κ2) is 7.07. The summed E-state index contributed by atoms with van der Waals surface area (Å²) in [6, 6.07) is 0. The van der Waals surface area contributed by atoms with Gasteiger partial charge in [0, 0.05) is 32.4 Å². The van der Waals surface area contributed by atoms with Crippen molar-refractivity contribution in [3.05, 3.63) is 0 Å². The topological polar surface area (TPSA) is 23.6 Å². The predicted octanol–water partition coefficient (Wildman–Crippen LogP) is 1.56. The van der Waals surface area contributed by atoms with E-state index >= 15 is 0 Å². The Morgan fingerprint density at radius 3 is 2.67 bits per heavy atom. The Balaban J connectivity index is 2.23. The van der Waals surface area contributed by atoms with Crippen LogP contribution in [-0.4, -0.2) is 54.3 Å². The van der Waals surface area contributed by atoms with Gasteiger partial charge in [0.25, 0.3) is 0 Å². The van der Waals surface area contributed by atoms with E-state index in [-0.39, 0.29) is 5.91 Å². The number of hydrogen-bond acceptors (Lipinski definition) is 2. The Morgan fingerprint density at radius 1 is 1.20 bits per heavy atom. The first-order chi connectivity index (χ1) is 7.24. The van der Waals surface area contributed by atoms with Gasteiger partial charge in [0.15, 0.2) is 0 Å². The molecule has 1 rings (SSSR count). The molecule has 0 atom stereocenters. The van der Waals surface area contributed by atoms with Gasteiger partial charge in [0.2, 0.25) is 5.91 Å². The van der Waals surface area contributed by atoms with Crippen LogP contribution in [0, 0.1) is 0 Å². The Bertz CT molecular complexity index is 199. The molecule has 0 aromatic rings. The monoisotopic (exact) mass is 232 g/mol. The highest BCUT2D eigenvalue weighted by atomic mass is 35.5. The second-order valence-electron chi connectivity index (χ2n) is 4.10. The predicted molar refractivity (Wildman–Crippen MR) is 63.3 cm³/mol. The molecule has 1 heterocycles. The number of amides is 1. The molecule has 1 fully saturated rings. The molecule has 0 bridgehead atoms. The van der Waals surface area contributed by atoms with E-state index in [2.05, 4.69) is 4.90 Å². The maximum atomic E-state index is 11.2. The van der Waals surface area contributed by atoms with E-state index in [0.29, 0.717) is 0 Å². The van der Waals surface area contributed by atoms with Gasteiger partial charge in [0.05, 0.1) is 0 Å². The summed E-state index contributed by atoms with van der Waals surface area (Å²) in [5.74, 6) is 0.963. The average Bonchev–Trinajstić information content (AvgIpc) is 2.44. The molecule has 15 heavy (non-hydrogen) atoms. The molecule has 88 valence electrons. The molecule has 0 aliphatic carbocycles. The lowest BCUT2D eigenvalue weighted by Crippen LogP contribution is -2.33. The van der Waals surface area contributed by atoms with Crippen LogP contribution in [-0.2, 0) is 4.79 Å². The van der Waals surface area contributed by atoms with Gasteiger partial charge >= 0.3 is 0 Å². The van der Waals surface area contributed by atoms with E-state index in [1.807, 2.05) is 4.90 Å². The summed E-state index contributed by atoms with van der Waals surface area (Å²) in [6.45, 7) is 6.72. The normalized spacial score (nSPS) is 18.9. The zero-order valence-corrected chi connectivity index (χ0v) is 10.3. The summed E-state index contributed by atoms with van der Waals surface area (Å²) < 4.78 is 0. The lowest BCUT2D eigenvalue weighted by Gasteiger charge is -2.20. The molecule has 3 nitrogen and oxygen atoms in total. The van der Waals surface area contributed by atoms with Crippen molar-refractivity contribution in [3.63, 3.8) is 0 Å². The molecule has 0 radical (unpaired) electrons. The zero-order chi connectivity index (χ0) is 11.1. The van der Waals surface area contributed by atoms with Crippen LogP contribution in [0.25, 0.3) is 0 Å². The van der Waals surface area contributed by atoms with E-state index in [4.69, 9.17) is 11.6 Å². The highest BCUT2D eigenvalue weighted by Crippen LogP contribution is 2.05. The third kappa shape index (κ3) is 4.85. The minimum Gasteiger partial charge on any atom is -0.342 e. The molecule has 0 aromatic heterocycles. The van der Waals surface area contributed by atoms with E-state index in [0.717, 1.165) is 51.4 Å². The largest absolute Gasteiger partial charge is 0.342 e. The van der Waals surface area contributed by atoms with Crippen molar-refractivity contribution in [3.8, 4) is 0 Å². The first-order valence-electron chi connectivity index (χ1n) is 5.78. The van der Waals surface area contributed by atoms with Crippen molar-refractivity contribution in [2.24, 2.45) is 0 Å². The second-order valence-corrected chi connectivity index (χ2v) is 4.48. The molecule has 1 aliphatic heterocycles. The van der Waals surface area contributed by atoms with Gasteiger partial charge in [-0.15, -0.1) is 11.6 Å². The molecule has 1 saturated heterocycles. The van der Waals surface area contributed by atoms with Crippen molar-refractivity contribution in [2.75, 3.05) is 38.6 Å². The third-order valence-corrected chi connectivity index (χ3v) is 3.16. The molecular formula is C11H21ClN2O. The molecule has 1 amide bonds. The number of halogens is 1. The molecular weight excluding hydrogens is 212 g/mol. The molecule has 0 spiro atoms. The van der Waals surface area contributed by atoms with Gasteiger partial charge in [-0.25, -0.2) is 0 Å². The summed E-state index contributed by atoms with van der Waals surface area (Å²) >= 11 is 5.64. The first kappa shape index (κ1) is 12.8. The van der Waals surface area contributed by atoms with Crippen molar-refractivity contribution in [1.82, 2.24) is 9.80 Å². The van der Waals surface area contributed by atoms with Gasteiger partial charge in [-0.2, -0.15) is 0 Å². The highest BCUT2D eigenvalue weighted by molar-refractivity contribution is 6.17. The molecule has 0 saturated carbocycles. The van der Waals surface area contributed by atoms with Crippen LogP contribution in [0.1, 0.15) is 26.2 Å². The molecule has 0 N–H and O–H groups in total. The van der Waals surface area contributed by atoms with Gasteiger partial charge in [-0.1, -0.05) is 0 Å². The molecule has 1 aliphatic rings. The van der Waals surface area contributed by atoms with Crippen molar-refractivity contribution in [2.45, 2.75) is 26.2 Å². The lowest BCUT2D eigenvalue weighted by molar-refractivity contribution is -0.128. The Hall–Kier alpha value is -0.280. The SMILES string of the molecule is CC(=O)N1CCCN(CCCCCl)CC1. The van der Waals surface area contributed by atoms with Crippen molar-refractivity contribution in [1.29, 1.82) is 0 Å². The number of nitrogens with zero attached hydrogens (tertiary/aromatic N) is 2. The summed E-state index contributed by atoms with van der Waals surface area (Å²) in [7, 11) is 0. The van der Waals surface area contributed by atoms with Gasteiger partial charge < -0.3 is 9.80 Å². The number of carbonyl (C=O) groups excluding carboxylic acids is 1. The fraction of sp³-hybridized carbons (Fsp3) is 0.909. The molecule has 4 heteroatoms. The van der Waals surface area contributed by atoms with E-state index < -0.39 is 0 Å². The zero-order valence-electron chi connectivity index (χ0n) is 9.54. The standard InChI is InChI=1S/C11H21ClN2O/c1-11(15)14-8-4-7-13(9-10-14)6-3-2-5-12/h2-10H2,1H3. The van der Waals surface area contributed by atoms with E-state index in [1.165, 1.54) is 6.42 Å². The molecule has 0 unspecified atom stereocenters. The van der Waals surface area contributed by atoms with Crippen LogP contribution in [0.15, 0.2) is 0 Å². The van der Waals surface area contributed by atoms with Crippen LogP contribution in [0.2, 0.25) is 0 Å². The third-order valence-electron chi connectivity index (χ3n) is 2.89. The number of unbranched alkanes of at least 4 members (excludes halogenated alkanes) is 1. The minimum absolute atomic E-state index is 0.206. The first-order valence-corrected chi connectivity index (χ1v) is 6.31. The van der Waals surface area contributed by atoms with Crippen molar-refractivity contribution < 1.29 is 4.79 Å². The minimum atomic E-state index is 0.206. The Labute approximate surface area is 97.4 Å². The van der Waals surface area contributed by atoms with Gasteiger partial charge in [-0.3, -0.25) is 4.79 Å². The summed E-state index contributed by atoms with van der Waals surface area (Å²) in [5.41, 5.74) is 0. The van der Waals surface area contributed by atoms with Gasteiger partial charge in [0.1, 0.15) is 0 Å². The van der Waals surface area contributed by atoms with Crippen LogP contribution in [0.5, 0.6) is 0 Å². The number of carbonyl (C=O) groups is 1. The summed E-state index contributed by atoms with van der Waals surface area (Å²) in [5, 5.41) is 0. The quantitative estimate of drug-likeness (QED) is 0.543. The Morgan fingerprint density at radius 2 is 2.00 bits per heavy atom. The highest BCUT2D eigenvalue weighted by Gasteiger charge is 2.15. The maximum Gasteiger partial charge on any atom is 0.219 e. The summed E-state index contributed by atoms with van der Waals surface area (Å²) in [6.07, 6.45) is 3.36. The Kier molecular flexibility index (Phi) is 6.03. The number of alkyl halides is 1. The fourth-order valence-electron chi connectivity index (χ4n) is 1.94. The maximum absolute atomic E-state index is 11.2. The van der Waals surface area contributed by atoms with Crippen LogP contribution in [0.3, 0.4) is 0 Å². The van der Waals surface area contributed by atoms with Crippen LogP contribution in [0.4, 0.5) is 0 Å². The van der Waals surface area contributed by atoms with Crippen molar-refractivity contribution >= 4 is 17.5 Å². The number of rotatable bonds is 4. The van der Waals surface area contributed by atoms with Gasteiger partial charge in [-0.05, 0) is 32.4 Å². The van der Waals surface area contributed by atoms with Crippen LogP contribution < -0.4 is 0 Å². The van der Waals surface area contributed by atoms with E-state index in [9.17, 15) is 4.79 Å².